The molecule has 0 aromatic heterocycles. The van der Waals surface area contributed by atoms with Crippen molar-refractivity contribution in [3.8, 4) is 0 Å². The highest BCUT2D eigenvalue weighted by Gasteiger charge is 2.25. The van der Waals surface area contributed by atoms with Crippen molar-refractivity contribution in [3.05, 3.63) is 0 Å². The molecule has 0 aromatic carbocycles. The van der Waals surface area contributed by atoms with Crippen LogP contribution in [0.2, 0.25) is 0 Å². The third kappa shape index (κ3) is 5.63. The zero-order chi connectivity index (χ0) is 9.78. The molecule has 70 valence electrons. The maximum absolute atomic E-state index is 10.2. The number of primary amides is 2. The Morgan fingerprint density at radius 1 is 1.17 bits per heavy atom. The predicted molar refractivity (Wildman–Crippen MR) is 39.4 cm³/mol. The van der Waals surface area contributed by atoms with Crippen molar-refractivity contribution < 1.29 is 19.8 Å². The van der Waals surface area contributed by atoms with E-state index in [1.54, 1.807) is 0 Å². The average Bonchev–Trinajstić information content (AvgIpc) is 1.81. The highest BCUT2D eigenvalue weighted by Crippen LogP contribution is 2.12. The molecule has 0 aliphatic carbocycles. The lowest BCUT2D eigenvalue weighted by molar-refractivity contribution is -0.176. The monoisotopic (exact) mass is 176 g/mol. The molecule has 0 saturated heterocycles. The quantitative estimate of drug-likeness (QED) is 0.355. The normalized spacial score (nSPS) is 11.2. The Balaban J connectivity index is 3.86. The van der Waals surface area contributed by atoms with Crippen molar-refractivity contribution in [2.45, 2.75) is 25.0 Å². The average molecular weight is 176 g/mol. The first-order valence-electron chi connectivity index (χ1n) is 3.35. The van der Waals surface area contributed by atoms with Gasteiger partial charge >= 0.3 is 0 Å². The lowest BCUT2D eigenvalue weighted by Gasteiger charge is -2.18. The maximum Gasteiger partial charge on any atom is 0.222 e. The van der Waals surface area contributed by atoms with Gasteiger partial charge < -0.3 is 21.7 Å². The maximum atomic E-state index is 10.2. The van der Waals surface area contributed by atoms with E-state index >= 15 is 0 Å². The summed E-state index contributed by atoms with van der Waals surface area (Å²) >= 11 is 0. The van der Waals surface area contributed by atoms with Crippen LogP contribution in [0.1, 0.15) is 19.3 Å². The summed E-state index contributed by atoms with van der Waals surface area (Å²) in [5.41, 5.74) is 9.46. The molecule has 0 unspecified atom stereocenters. The fraction of sp³-hybridized carbons (Fsp3) is 0.667. The molecule has 0 bridgehead atoms. The fourth-order valence-electron chi connectivity index (χ4n) is 0.691. The van der Waals surface area contributed by atoms with Crippen molar-refractivity contribution in [2.75, 3.05) is 0 Å². The number of hydrogen-bond acceptors (Lipinski definition) is 4. The molecule has 0 aliphatic rings. The van der Waals surface area contributed by atoms with E-state index in [9.17, 15) is 9.59 Å². The summed E-state index contributed by atoms with van der Waals surface area (Å²) in [7, 11) is 0. The van der Waals surface area contributed by atoms with Crippen LogP contribution in [-0.4, -0.2) is 27.8 Å². The van der Waals surface area contributed by atoms with Crippen LogP contribution in [0.4, 0.5) is 0 Å². The summed E-state index contributed by atoms with van der Waals surface area (Å²) in [6, 6.07) is 0. The van der Waals surface area contributed by atoms with Crippen molar-refractivity contribution in [2.24, 2.45) is 11.5 Å². The Labute approximate surface area is 69.2 Å². The topological polar surface area (TPSA) is 127 Å². The van der Waals surface area contributed by atoms with E-state index < -0.39 is 24.0 Å². The van der Waals surface area contributed by atoms with Crippen molar-refractivity contribution in [1.29, 1.82) is 0 Å². The van der Waals surface area contributed by atoms with Gasteiger partial charge in [0.1, 0.15) is 0 Å². The molecule has 2 amide bonds. The molecule has 0 aromatic rings. The molecule has 12 heavy (non-hydrogen) atoms. The molecular formula is C6H12N2O4. The van der Waals surface area contributed by atoms with E-state index in [4.69, 9.17) is 21.7 Å². The van der Waals surface area contributed by atoms with Gasteiger partial charge in [0.2, 0.25) is 11.8 Å². The number of carbonyl (C=O) groups excluding carboxylic acids is 2. The van der Waals surface area contributed by atoms with Gasteiger partial charge in [0, 0.05) is 12.8 Å². The summed E-state index contributed by atoms with van der Waals surface area (Å²) in [5, 5.41) is 18.0. The second-order valence-electron chi connectivity index (χ2n) is 2.59. The lowest BCUT2D eigenvalue weighted by Crippen LogP contribution is -2.35. The number of aliphatic hydroxyl groups is 2. The van der Waals surface area contributed by atoms with E-state index in [-0.39, 0.29) is 12.8 Å². The number of carbonyl (C=O) groups is 2. The minimum absolute atomic E-state index is 0.194. The molecule has 0 atom stereocenters. The summed E-state index contributed by atoms with van der Waals surface area (Å²) < 4.78 is 0. The van der Waals surface area contributed by atoms with Gasteiger partial charge in [0.05, 0.1) is 6.42 Å². The molecule has 0 spiro atoms. The molecule has 0 aliphatic heterocycles. The minimum Gasteiger partial charge on any atom is -0.370 e. The molecule has 0 saturated carbocycles. The largest absolute Gasteiger partial charge is 0.370 e. The van der Waals surface area contributed by atoms with Crippen molar-refractivity contribution >= 4 is 11.8 Å². The minimum atomic E-state index is -2.22. The van der Waals surface area contributed by atoms with Crippen LogP contribution in [0.15, 0.2) is 0 Å². The Morgan fingerprint density at radius 2 is 1.67 bits per heavy atom. The predicted octanol–water partition coefficient (Wildman–Crippen LogP) is -2.19. The second kappa shape index (κ2) is 4.03. The van der Waals surface area contributed by atoms with E-state index in [0.29, 0.717) is 0 Å². The van der Waals surface area contributed by atoms with Crippen LogP contribution in [0.3, 0.4) is 0 Å². The van der Waals surface area contributed by atoms with Crippen LogP contribution in [0.25, 0.3) is 0 Å². The molecule has 0 radical (unpaired) electrons. The summed E-state index contributed by atoms with van der Waals surface area (Å²) in [6.07, 6.45) is -1.08. The number of nitrogens with two attached hydrogens (primary N) is 2. The van der Waals surface area contributed by atoms with Crippen molar-refractivity contribution in [1.82, 2.24) is 0 Å². The van der Waals surface area contributed by atoms with E-state index in [2.05, 4.69) is 0 Å². The van der Waals surface area contributed by atoms with Gasteiger partial charge in [-0.25, -0.2) is 0 Å². The van der Waals surface area contributed by atoms with Gasteiger partial charge in [0.15, 0.2) is 5.79 Å². The Bertz CT molecular complexity index is 190. The number of amides is 2. The third-order valence-electron chi connectivity index (χ3n) is 1.23. The van der Waals surface area contributed by atoms with Crippen molar-refractivity contribution in [3.63, 3.8) is 0 Å². The van der Waals surface area contributed by atoms with Gasteiger partial charge in [-0.15, -0.1) is 0 Å². The highest BCUT2D eigenvalue weighted by molar-refractivity contribution is 5.75. The molecule has 6 N–H and O–H groups in total. The van der Waals surface area contributed by atoms with Crippen LogP contribution >= 0.6 is 0 Å². The van der Waals surface area contributed by atoms with Crippen LogP contribution < -0.4 is 11.5 Å². The smallest absolute Gasteiger partial charge is 0.222 e. The molecule has 6 heteroatoms. The Morgan fingerprint density at radius 3 is 2.00 bits per heavy atom. The second-order valence-corrected chi connectivity index (χ2v) is 2.59. The number of rotatable bonds is 5. The summed E-state index contributed by atoms with van der Waals surface area (Å²) in [6.45, 7) is 0. The van der Waals surface area contributed by atoms with Crippen LogP contribution in [-0.2, 0) is 9.59 Å². The van der Waals surface area contributed by atoms with E-state index in [1.165, 1.54) is 0 Å². The standard InChI is InChI=1S/C6H12N2O4/c7-4(9)1-2-6(11,12)3-5(8)10/h11-12H,1-3H2,(H2,7,9)(H2,8,10). The first-order valence-corrected chi connectivity index (χ1v) is 3.35. The van der Waals surface area contributed by atoms with Gasteiger partial charge in [-0.1, -0.05) is 0 Å². The molecule has 0 rings (SSSR count). The van der Waals surface area contributed by atoms with E-state index in [0.717, 1.165) is 0 Å². The zero-order valence-corrected chi connectivity index (χ0v) is 6.49. The van der Waals surface area contributed by atoms with Gasteiger partial charge in [-0.05, 0) is 0 Å². The van der Waals surface area contributed by atoms with Crippen LogP contribution in [0, 0.1) is 0 Å². The zero-order valence-electron chi connectivity index (χ0n) is 6.49. The van der Waals surface area contributed by atoms with Gasteiger partial charge in [-0.2, -0.15) is 0 Å². The first-order chi connectivity index (χ1) is 5.33. The fourth-order valence-corrected chi connectivity index (χ4v) is 0.691. The lowest BCUT2D eigenvalue weighted by atomic mass is 10.1. The molecule has 0 heterocycles. The first kappa shape index (κ1) is 10.9. The van der Waals surface area contributed by atoms with Gasteiger partial charge in [0.25, 0.3) is 0 Å². The SMILES string of the molecule is NC(=O)CCC(O)(O)CC(N)=O. The summed E-state index contributed by atoms with van der Waals surface area (Å²) in [5.74, 6) is -3.72. The summed E-state index contributed by atoms with van der Waals surface area (Å²) in [4.78, 5) is 20.5. The van der Waals surface area contributed by atoms with Gasteiger partial charge in [-0.3, -0.25) is 9.59 Å². The molecule has 6 nitrogen and oxygen atoms in total. The highest BCUT2D eigenvalue weighted by atomic mass is 16.5. The van der Waals surface area contributed by atoms with Crippen LogP contribution in [0.5, 0.6) is 0 Å². The number of hydrogen-bond donors (Lipinski definition) is 4. The van der Waals surface area contributed by atoms with E-state index in [1.807, 2.05) is 0 Å². The molecular weight excluding hydrogens is 164 g/mol. The third-order valence-corrected chi connectivity index (χ3v) is 1.23. The molecule has 0 fully saturated rings. The Kier molecular flexibility index (Phi) is 3.65. The Hall–Kier alpha value is -1.14.